The van der Waals surface area contributed by atoms with E-state index >= 15 is 0 Å². The highest BCUT2D eigenvalue weighted by atomic mass is 35.5. The molecule has 0 amide bonds. The molecular weight excluding hydrogens is 158 g/mol. The quantitative estimate of drug-likeness (QED) is 0.677. The summed E-state index contributed by atoms with van der Waals surface area (Å²) in [5.74, 6) is 0. The van der Waals surface area contributed by atoms with Gasteiger partial charge in [-0.15, -0.1) is 0 Å². The number of halogens is 1. The second kappa shape index (κ2) is 3.63. The van der Waals surface area contributed by atoms with Gasteiger partial charge in [0, 0.05) is 10.7 Å². The molecule has 2 N–H and O–H groups in total. The second-order valence-electron chi connectivity index (χ2n) is 2.56. The third-order valence-corrected chi connectivity index (χ3v) is 2.01. The lowest BCUT2D eigenvalue weighted by molar-refractivity contribution is 0.924. The van der Waals surface area contributed by atoms with E-state index in [1.807, 2.05) is 18.2 Å². The van der Waals surface area contributed by atoms with Crippen LogP contribution in [0.4, 0.5) is 5.69 Å². The normalized spacial score (nSPS) is 10.0. The van der Waals surface area contributed by atoms with E-state index in [1.165, 1.54) is 0 Å². The number of hydrogen-bond donors (Lipinski definition) is 1. The minimum atomic E-state index is 0.784. The van der Waals surface area contributed by atoms with Crippen molar-refractivity contribution < 1.29 is 0 Å². The van der Waals surface area contributed by atoms with Crippen LogP contribution in [0.3, 0.4) is 0 Å². The average Bonchev–Trinajstić information content (AvgIpc) is 1.97. The summed E-state index contributed by atoms with van der Waals surface area (Å²) in [6, 6.07) is 5.64. The predicted octanol–water partition coefficient (Wildman–Crippen LogP) is 2.87. The minimum Gasteiger partial charge on any atom is -0.398 e. The Balaban J connectivity index is 3.00. The average molecular weight is 170 g/mol. The van der Waals surface area contributed by atoms with E-state index in [0.717, 1.165) is 29.1 Å². The molecular formula is C9H12ClN. The van der Waals surface area contributed by atoms with Gasteiger partial charge < -0.3 is 5.73 Å². The molecule has 1 rings (SSSR count). The molecule has 0 saturated carbocycles. The molecule has 0 saturated heterocycles. The van der Waals surface area contributed by atoms with Gasteiger partial charge >= 0.3 is 0 Å². The van der Waals surface area contributed by atoms with E-state index in [1.54, 1.807) is 0 Å². The fourth-order valence-electron chi connectivity index (χ4n) is 1.09. The molecule has 2 heteroatoms. The first-order chi connectivity index (χ1) is 5.25. The SMILES string of the molecule is CCCc1c(N)cccc1Cl. The summed E-state index contributed by atoms with van der Waals surface area (Å²) in [5, 5.41) is 0.784. The lowest BCUT2D eigenvalue weighted by atomic mass is 10.1. The lowest BCUT2D eigenvalue weighted by Gasteiger charge is -2.04. The van der Waals surface area contributed by atoms with Gasteiger partial charge in [-0.3, -0.25) is 0 Å². The number of anilines is 1. The standard InChI is InChI=1S/C9H12ClN/c1-2-4-7-8(10)5-3-6-9(7)11/h3,5-6H,2,4,11H2,1H3. The Morgan fingerprint density at radius 3 is 2.73 bits per heavy atom. The van der Waals surface area contributed by atoms with Crippen LogP contribution < -0.4 is 5.73 Å². The van der Waals surface area contributed by atoms with Gasteiger partial charge in [0.25, 0.3) is 0 Å². The van der Waals surface area contributed by atoms with Crippen LogP contribution in [0.5, 0.6) is 0 Å². The third-order valence-electron chi connectivity index (χ3n) is 1.66. The summed E-state index contributed by atoms with van der Waals surface area (Å²) in [4.78, 5) is 0. The van der Waals surface area contributed by atoms with E-state index in [4.69, 9.17) is 17.3 Å². The van der Waals surface area contributed by atoms with Crippen molar-refractivity contribution in [2.45, 2.75) is 19.8 Å². The molecule has 1 nitrogen and oxygen atoms in total. The van der Waals surface area contributed by atoms with Crippen molar-refractivity contribution in [2.24, 2.45) is 0 Å². The van der Waals surface area contributed by atoms with Crippen LogP contribution in [-0.2, 0) is 6.42 Å². The largest absolute Gasteiger partial charge is 0.398 e. The summed E-state index contributed by atoms with van der Waals surface area (Å²) in [5.41, 5.74) is 7.61. The highest BCUT2D eigenvalue weighted by Gasteiger charge is 2.01. The first-order valence-corrected chi connectivity index (χ1v) is 4.16. The predicted molar refractivity (Wildman–Crippen MR) is 49.9 cm³/mol. The first-order valence-electron chi connectivity index (χ1n) is 3.78. The maximum absolute atomic E-state index is 5.93. The molecule has 1 aromatic rings. The fourth-order valence-corrected chi connectivity index (χ4v) is 1.37. The van der Waals surface area contributed by atoms with Crippen molar-refractivity contribution >= 4 is 17.3 Å². The number of nitrogen functional groups attached to an aromatic ring is 1. The van der Waals surface area contributed by atoms with E-state index in [9.17, 15) is 0 Å². The van der Waals surface area contributed by atoms with Crippen LogP contribution >= 0.6 is 11.6 Å². The zero-order chi connectivity index (χ0) is 8.27. The zero-order valence-electron chi connectivity index (χ0n) is 6.60. The van der Waals surface area contributed by atoms with Crippen LogP contribution in [-0.4, -0.2) is 0 Å². The molecule has 60 valence electrons. The van der Waals surface area contributed by atoms with Crippen molar-refractivity contribution in [2.75, 3.05) is 5.73 Å². The molecule has 0 atom stereocenters. The molecule has 0 fully saturated rings. The Morgan fingerprint density at radius 1 is 1.45 bits per heavy atom. The van der Waals surface area contributed by atoms with Crippen molar-refractivity contribution in [3.63, 3.8) is 0 Å². The summed E-state index contributed by atoms with van der Waals surface area (Å²) in [6.07, 6.45) is 2.04. The van der Waals surface area contributed by atoms with Gasteiger partial charge in [-0.25, -0.2) is 0 Å². The van der Waals surface area contributed by atoms with Crippen molar-refractivity contribution in [3.8, 4) is 0 Å². The molecule has 1 aromatic carbocycles. The highest BCUT2D eigenvalue weighted by molar-refractivity contribution is 6.31. The van der Waals surface area contributed by atoms with E-state index < -0.39 is 0 Å². The summed E-state index contributed by atoms with van der Waals surface area (Å²) >= 11 is 5.93. The summed E-state index contributed by atoms with van der Waals surface area (Å²) in [6.45, 7) is 2.11. The van der Waals surface area contributed by atoms with Crippen LogP contribution in [0.15, 0.2) is 18.2 Å². The highest BCUT2D eigenvalue weighted by Crippen LogP contribution is 2.22. The van der Waals surface area contributed by atoms with E-state index in [0.29, 0.717) is 0 Å². The molecule has 11 heavy (non-hydrogen) atoms. The maximum Gasteiger partial charge on any atom is 0.0458 e. The Bertz CT molecular complexity index is 225. The molecule has 0 bridgehead atoms. The van der Waals surface area contributed by atoms with Gasteiger partial charge in [0.2, 0.25) is 0 Å². The molecule has 0 heterocycles. The molecule has 0 radical (unpaired) electrons. The molecule has 0 aromatic heterocycles. The maximum atomic E-state index is 5.93. The van der Waals surface area contributed by atoms with Gasteiger partial charge in [0.05, 0.1) is 0 Å². The van der Waals surface area contributed by atoms with Gasteiger partial charge in [0.15, 0.2) is 0 Å². The Labute approximate surface area is 72.2 Å². The summed E-state index contributed by atoms with van der Waals surface area (Å²) in [7, 11) is 0. The number of benzene rings is 1. The second-order valence-corrected chi connectivity index (χ2v) is 2.96. The molecule has 0 aliphatic heterocycles. The van der Waals surface area contributed by atoms with Gasteiger partial charge in [-0.1, -0.05) is 31.0 Å². The van der Waals surface area contributed by atoms with Crippen LogP contribution in [0.1, 0.15) is 18.9 Å². The van der Waals surface area contributed by atoms with Crippen LogP contribution in [0.2, 0.25) is 5.02 Å². The zero-order valence-corrected chi connectivity index (χ0v) is 7.36. The van der Waals surface area contributed by atoms with Crippen LogP contribution in [0, 0.1) is 0 Å². The molecule has 0 spiro atoms. The molecule has 0 aliphatic carbocycles. The van der Waals surface area contributed by atoms with Gasteiger partial charge in [-0.2, -0.15) is 0 Å². The Kier molecular flexibility index (Phi) is 2.77. The van der Waals surface area contributed by atoms with E-state index in [-0.39, 0.29) is 0 Å². The molecule has 0 aliphatic rings. The summed E-state index contributed by atoms with van der Waals surface area (Å²) < 4.78 is 0. The van der Waals surface area contributed by atoms with Crippen LogP contribution in [0.25, 0.3) is 0 Å². The van der Waals surface area contributed by atoms with Crippen molar-refractivity contribution in [1.82, 2.24) is 0 Å². The minimum absolute atomic E-state index is 0.784. The van der Waals surface area contributed by atoms with Gasteiger partial charge in [-0.05, 0) is 24.1 Å². The van der Waals surface area contributed by atoms with Crippen molar-refractivity contribution in [3.05, 3.63) is 28.8 Å². The molecule has 0 unspecified atom stereocenters. The van der Waals surface area contributed by atoms with E-state index in [2.05, 4.69) is 6.92 Å². The number of hydrogen-bond acceptors (Lipinski definition) is 1. The number of nitrogens with two attached hydrogens (primary N) is 1. The topological polar surface area (TPSA) is 26.0 Å². The smallest absolute Gasteiger partial charge is 0.0458 e. The fraction of sp³-hybridized carbons (Fsp3) is 0.333. The Hall–Kier alpha value is -0.690. The van der Waals surface area contributed by atoms with Crippen molar-refractivity contribution in [1.29, 1.82) is 0 Å². The first kappa shape index (κ1) is 8.41. The monoisotopic (exact) mass is 169 g/mol. The Morgan fingerprint density at radius 2 is 2.18 bits per heavy atom. The lowest BCUT2D eigenvalue weighted by Crippen LogP contribution is -1.94. The third kappa shape index (κ3) is 1.87. The van der Waals surface area contributed by atoms with Gasteiger partial charge in [0.1, 0.15) is 0 Å². The number of rotatable bonds is 2.